The van der Waals surface area contributed by atoms with E-state index in [1.54, 1.807) is 0 Å². The molecule has 0 saturated heterocycles. The van der Waals surface area contributed by atoms with E-state index < -0.39 is 39.5 Å². The summed E-state index contributed by atoms with van der Waals surface area (Å²) in [6.07, 6.45) is 0. The number of carboxylic acid groups (broad SMARTS) is 1. The van der Waals surface area contributed by atoms with Gasteiger partial charge >= 0.3 is 11.7 Å². The van der Waals surface area contributed by atoms with Crippen molar-refractivity contribution in [2.24, 2.45) is 0 Å². The van der Waals surface area contributed by atoms with Gasteiger partial charge in [-0.15, -0.1) is 0 Å². The molecule has 0 fully saturated rings. The van der Waals surface area contributed by atoms with E-state index in [9.17, 15) is 28.5 Å². The highest BCUT2D eigenvalue weighted by molar-refractivity contribution is 6.01. The van der Waals surface area contributed by atoms with Gasteiger partial charge in [-0.3, -0.25) is 14.9 Å². The zero-order chi connectivity index (χ0) is 20.2. The number of nitrogens with zero attached hydrogens (tertiary/aromatic N) is 2. The molecule has 0 bridgehead atoms. The monoisotopic (exact) mass is 386 g/mol. The average Bonchev–Trinajstić information content (AvgIpc) is 3.01. The Balaban J connectivity index is 2.06. The predicted octanol–water partition coefficient (Wildman–Crippen LogP) is 2.96. The first-order valence-corrected chi connectivity index (χ1v) is 7.69. The number of nitro groups is 1. The van der Waals surface area contributed by atoms with Crippen LogP contribution in [0.1, 0.15) is 10.4 Å². The molecular formula is C17H8F2N4O5. The molecular weight excluding hydrogens is 378 g/mol. The molecule has 11 heteroatoms. The number of carbonyl (C=O) groups is 1. The maximum Gasteiger partial charge on any atom is 0.335 e. The molecule has 0 atom stereocenters. The van der Waals surface area contributed by atoms with Crippen LogP contribution >= 0.6 is 0 Å². The van der Waals surface area contributed by atoms with Gasteiger partial charge in [-0.25, -0.2) is 18.6 Å². The molecule has 0 aliphatic carbocycles. The number of carboxylic acids is 1. The molecule has 2 aromatic heterocycles. The fourth-order valence-corrected chi connectivity index (χ4v) is 2.92. The molecule has 28 heavy (non-hydrogen) atoms. The number of hydrogen-bond acceptors (Lipinski definition) is 5. The Morgan fingerprint density at radius 1 is 1.11 bits per heavy atom. The number of hydrogen-bond donors (Lipinski definition) is 3. The topological polar surface area (TPSA) is 142 Å². The molecule has 0 spiro atoms. The summed E-state index contributed by atoms with van der Waals surface area (Å²) in [5.41, 5.74) is -2.30. The first-order valence-electron chi connectivity index (χ1n) is 7.69. The molecule has 140 valence electrons. The second kappa shape index (κ2) is 5.94. The highest BCUT2D eigenvalue weighted by atomic mass is 19.2. The molecule has 0 amide bonds. The van der Waals surface area contributed by atoms with Crippen molar-refractivity contribution >= 4 is 33.6 Å². The van der Waals surface area contributed by atoms with E-state index in [-0.39, 0.29) is 33.2 Å². The predicted molar refractivity (Wildman–Crippen MR) is 93.2 cm³/mol. The number of halogens is 2. The van der Waals surface area contributed by atoms with Gasteiger partial charge in [0.1, 0.15) is 5.69 Å². The smallest absolute Gasteiger partial charge is 0.335 e. The zero-order valence-electron chi connectivity index (χ0n) is 13.6. The maximum atomic E-state index is 13.5. The molecule has 0 unspecified atom stereocenters. The van der Waals surface area contributed by atoms with Crippen LogP contribution in [0.15, 0.2) is 35.1 Å². The Morgan fingerprint density at radius 3 is 2.50 bits per heavy atom. The third-order valence-electron chi connectivity index (χ3n) is 4.17. The van der Waals surface area contributed by atoms with Gasteiger partial charge in [0.25, 0.3) is 5.56 Å². The first kappa shape index (κ1) is 17.3. The van der Waals surface area contributed by atoms with E-state index in [4.69, 9.17) is 5.11 Å². The number of aromatic nitrogens is 3. The summed E-state index contributed by atoms with van der Waals surface area (Å²) in [5, 5.41) is 20.7. The lowest BCUT2D eigenvalue weighted by Gasteiger charge is -2.02. The van der Waals surface area contributed by atoms with E-state index in [2.05, 4.69) is 15.0 Å². The second-order valence-corrected chi connectivity index (χ2v) is 5.87. The van der Waals surface area contributed by atoms with Crippen molar-refractivity contribution in [1.82, 2.24) is 15.0 Å². The lowest BCUT2D eigenvalue weighted by Crippen LogP contribution is -2.13. The lowest BCUT2D eigenvalue weighted by molar-refractivity contribution is -0.382. The second-order valence-electron chi connectivity index (χ2n) is 5.87. The van der Waals surface area contributed by atoms with Gasteiger partial charge in [0, 0.05) is 12.1 Å². The molecule has 0 aliphatic rings. The van der Waals surface area contributed by atoms with Gasteiger partial charge < -0.3 is 15.1 Å². The fraction of sp³-hybridized carbons (Fsp3) is 0. The molecule has 3 N–H and O–H groups in total. The van der Waals surface area contributed by atoms with E-state index >= 15 is 0 Å². The van der Waals surface area contributed by atoms with Gasteiger partial charge in [0.05, 0.1) is 32.4 Å². The molecule has 2 aromatic carbocycles. The molecule has 2 heterocycles. The number of aromatic carboxylic acids is 1. The Hall–Kier alpha value is -4.15. The van der Waals surface area contributed by atoms with Crippen LogP contribution in [0, 0.1) is 21.7 Å². The summed E-state index contributed by atoms with van der Waals surface area (Å²) < 4.78 is 26.8. The van der Waals surface area contributed by atoms with Crippen LogP contribution in [0.2, 0.25) is 0 Å². The van der Waals surface area contributed by atoms with Gasteiger partial charge in [0.2, 0.25) is 0 Å². The highest BCUT2D eigenvalue weighted by Crippen LogP contribution is 2.35. The molecule has 0 radical (unpaired) electrons. The molecule has 9 nitrogen and oxygen atoms in total. The summed E-state index contributed by atoms with van der Waals surface area (Å²) in [6, 6.07) is 5.16. The van der Waals surface area contributed by atoms with Crippen molar-refractivity contribution in [1.29, 1.82) is 0 Å². The Bertz CT molecular complexity index is 1380. The Labute approximate surface area is 152 Å². The summed E-state index contributed by atoms with van der Waals surface area (Å²) in [6.45, 7) is 0. The Kier molecular flexibility index (Phi) is 3.67. The van der Waals surface area contributed by atoms with Crippen LogP contribution in [-0.2, 0) is 0 Å². The fourth-order valence-electron chi connectivity index (χ4n) is 2.92. The third kappa shape index (κ3) is 2.57. The number of nitrogens with one attached hydrogen (secondary N) is 2. The summed E-state index contributed by atoms with van der Waals surface area (Å²) in [4.78, 5) is 43.3. The minimum Gasteiger partial charge on any atom is -0.478 e. The first-order chi connectivity index (χ1) is 13.3. The SMILES string of the molecule is O=C(O)c1ccc2[nH]c(-c3nc4cc(F)c(F)cc4[nH]c3=O)c([N+](=O)[O-])c2c1. The van der Waals surface area contributed by atoms with Gasteiger partial charge in [0.15, 0.2) is 17.3 Å². The Morgan fingerprint density at radius 2 is 1.82 bits per heavy atom. The lowest BCUT2D eigenvalue weighted by atomic mass is 10.1. The largest absolute Gasteiger partial charge is 0.478 e. The third-order valence-corrected chi connectivity index (χ3v) is 4.17. The van der Waals surface area contributed by atoms with E-state index in [1.807, 2.05) is 0 Å². The quantitative estimate of drug-likeness (QED) is 0.365. The van der Waals surface area contributed by atoms with Crippen LogP contribution in [-0.4, -0.2) is 31.0 Å². The van der Waals surface area contributed by atoms with E-state index in [1.165, 1.54) is 12.1 Å². The summed E-state index contributed by atoms with van der Waals surface area (Å²) in [5.74, 6) is -3.66. The van der Waals surface area contributed by atoms with Crippen LogP contribution in [0.4, 0.5) is 14.5 Å². The number of H-pyrrole nitrogens is 2. The molecule has 4 rings (SSSR count). The van der Waals surface area contributed by atoms with E-state index in [0.717, 1.165) is 18.2 Å². The van der Waals surface area contributed by atoms with Crippen LogP contribution in [0.5, 0.6) is 0 Å². The van der Waals surface area contributed by atoms with Crippen molar-refractivity contribution < 1.29 is 23.6 Å². The number of rotatable bonds is 3. The zero-order valence-corrected chi connectivity index (χ0v) is 13.6. The van der Waals surface area contributed by atoms with Gasteiger partial charge in [-0.1, -0.05) is 0 Å². The van der Waals surface area contributed by atoms with Gasteiger partial charge in [-0.05, 0) is 18.2 Å². The van der Waals surface area contributed by atoms with Crippen molar-refractivity contribution in [3.8, 4) is 11.4 Å². The van der Waals surface area contributed by atoms with E-state index in [0.29, 0.717) is 0 Å². The molecule has 0 saturated carbocycles. The average molecular weight is 386 g/mol. The highest BCUT2D eigenvalue weighted by Gasteiger charge is 2.27. The molecule has 0 aliphatic heterocycles. The summed E-state index contributed by atoms with van der Waals surface area (Å²) >= 11 is 0. The van der Waals surface area contributed by atoms with Crippen molar-refractivity contribution in [3.63, 3.8) is 0 Å². The minimum atomic E-state index is -1.28. The van der Waals surface area contributed by atoms with Crippen molar-refractivity contribution in [2.75, 3.05) is 0 Å². The minimum absolute atomic E-state index is 0.0357. The van der Waals surface area contributed by atoms with Crippen LogP contribution in [0.25, 0.3) is 33.3 Å². The molecule has 4 aromatic rings. The number of fused-ring (bicyclic) bond motifs is 2. The van der Waals surface area contributed by atoms with Crippen molar-refractivity contribution in [3.05, 3.63) is 68.0 Å². The van der Waals surface area contributed by atoms with Crippen molar-refractivity contribution in [2.45, 2.75) is 0 Å². The maximum absolute atomic E-state index is 13.5. The number of aromatic amines is 2. The standard InChI is InChI=1S/C17H8F2N4O5/c18-8-4-11-12(5-9(8)19)22-16(24)14(21-11)13-15(23(27)28)7-3-6(17(25)26)1-2-10(7)20-13/h1-5,20H,(H,22,24)(H,25,26). The number of benzene rings is 2. The van der Waals surface area contributed by atoms with Crippen LogP contribution < -0.4 is 5.56 Å². The van der Waals surface area contributed by atoms with Crippen LogP contribution in [0.3, 0.4) is 0 Å². The van der Waals surface area contributed by atoms with Gasteiger partial charge in [-0.2, -0.15) is 0 Å². The normalized spacial score (nSPS) is 11.2. The summed E-state index contributed by atoms with van der Waals surface area (Å²) in [7, 11) is 0.